The fraction of sp³-hybridized carbons (Fsp3) is 0.533. The zero-order valence-electron chi connectivity index (χ0n) is 30.8. The molecule has 1 saturated heterocycles. The van der Waals surface area contributed by atoms with E-state index >= 15 is 0 Å². The second-order valence-electron chi connectivity index (χ2n) is 11.8. The first-order valence-corrected chi connectivity index (χ1v) is 19.4. The molecular formula is C30H39N3O22P2. The molecule has 0 amide bonds. The summed E-state index contributed by atoms with van der Waals surface area (Å²) in [5.41, 5.74) is -1.12. The van der Waals surface area contributed by atoms with Gasteiger partial charge in [0.05, 0.1) is 32.5 Å². The second-order valence-corrected chi connectivity index (χ2v) is 15.3. The first-order chi connectivity index (χ1) is 26.9. The average molecular weight is 856 g/mol. The Hall–Kier alpha value is -4.68. The highest BCUT2D eigenvalue weighted by Crippen LogP contribution is 2.66. The molecule has 0 aliphatic carbocycles. The highest BCUT2D eigenvalue weighted by molar-refractivity contribution is 7.62. The van der Waals surface area contributed by atoms with Gasteiger partial charge in [0.2, 0.25) is 20.4 Å². The van der Waals surface area contributed by atoms with Crippen LogP contribution in [0.2, 0.25) is 0 Å². The Kier molecular flexibility index (Phi) is 15.9. The molecule has 0 saturated carbocycles. The zero-order valence-corrected chi connectivity index (χ0v) is 32.5. The zero-order chi connectivity index (χ0) is 41.9. The Bertz CT molecular complexity index is 2060. The van der Waals surface area contributed by atoms with Gasteiger partial charge in [-0.1, -0.05) is 17.3 Å². The third kappa shape index (κ3) is 12.7. The lowest BCUT2D eigenvalue weighted by Crippen LogP contribution is -2.43. The fourth-order valence-corrected chi connectivity index (χ4v) is 7.31. The van der Waals surface area contributed by atoms with E-state index in [-0.39, 0.29) is 12.2 Å². The number of hydrogen-bond acceptors (Lipinski definition) is 23. The number of ether oxygens (including phenoxy) is 7. The molecule has 27 heteroatoms. The third-order valence-corrected chi connectivity index (χ3v) is 10.4. The molecule has 1 aromatic carbocycles. The molecule has 4 unspecified atom stereocenters. The molecule has 0 spiro atoms. The summed E-state index contributed by atoms with van der Waals surface area (Å²) in [5, 5.41) is 26.2. The summed E-state index contributed by atoms with van der Waals surface area (Å²) in [5.74, 6) is 0. The van der Waals surface area contributed by atoms with Crippen LogP contribution < -0.4 is 11.2 Å². The van der Waals surface area contributed by atoms with E-state index in [9.17, 15) is 43.3 Å². The first kappa shape index (κ1) is 45.0. The maximum atomic E-state index is 13.9. The summed E-state index contributed by atoms with van der Waals surface area (Å²) in [6.07, 6.45) is -11.4. The highest BCUT2D eigenvalue weighted by atomic mass is 31.3. The van der Waals surface area contributed by atoms with Gasteiger partial charge in [0.1, 0.15) is 24.0 Å². The number of aromatic nitrogens is 3. The standard InChI is InChI=1S/C30H39N3O22P2/c1-17(2)51-29(39)45-15-48-56(41,55-57(42,49-14-44-28(38)43-5)50-16-46-30(40)52-18(3)4)47-13-22-24(35)25(36)26(53-22)32-11-10-23(34)33(27(32)37)12-20-19-8-6-7-9-21(19)54-31-20/h6-11,17-18,22,24-26,35-36H,12-16H2,1-5H3/t22-,24?,25?,26-,56?,57?/m1/s1. The number of fused-ring (bicyclic) bond motifs is 1. The number of rotatable bonds is 19. The minimum atomic E-state index is -5.45. The van der Waals surface area contributed by atoms with Crippen LogP contribution in [0.15, 0.2) is 50.6 Å². The van der Waals surface area contributed by atoms with Gasteiger partial charge in [-0.3, -0.25) is 18.5 Å². The van der Waals surface area contributed by atoms with Crippen molar-refractivity contribution in [2.75, 3.05) is 34.1 Å². The van der Waals surface area contributed by atoms with Gasteiger partial charge in [-0.05, 0) is 39.8 Å². The summed E-state index contributed by atoms with van der Waals surface area (Å²) in [4.78, 5) is 61.4. The summed E-state index contributed by atoms with van der Waals surface area (Å²) < 4.78 is 92.3. The van der Waals surface area contributed by atoms with Crippen molar-refractivity contribution in [3.63, 3.8) is 0 Å². The molecule has 1 aliphatic rings. The van der Waals surface area contributed by atoms with Crippen molar-refractivity contribution >= 4 is 45.1 Å². The van der Waals surface area contributed by atoms with Crippen molar-refractivity contribution in [2.45, 2.75) is 71.0 Å². The van der Waals surface area contributed by atoms with E-state index < -0.39 is 109 Å². The number of methoxy groups -OCH3 is 1. The summed E-state index contributed by atoms with van der Waals surface area (Å²) in [6, 6.07) is 7.68. The predicted octanol–water partition coefficient (Wildman–Crippen LogP) is 2.90. The van der Waals surface area contributed by atoms with Crippen LogP contribution in [0.3, 0.4) is 0 Å². The lowest BCUT2D eigenvalue weighted by molar-refractivity contribution is -0.0621. The molecule has 1 fully saturated rings. The van der Waals surface area contributed by atoms with Gasteiger partial charge in [0.25, 0.3) is 5.56 Å². The molecule has 3 aromatic rings. The van der Waals surface area contributed by atoms with Crippen molar-refractivity contribution in [3.8, 4) is 0 Å². The molecule has 2 aromatic heterocycles. The number of phosphoric acid groups is 2. The summed E-state index contributed by atoms with van der Waals surface area (Å²) in [6.45, 7) is 0.756. The molecule has 1 aliphatic heterocycles. The van der Waals surface area contributed by atoms with Crippen LogP contribution in [0.5, 0.6) is 0 Å². The van der Waals surface area contributed by atoms with Crippen LogP contribution in [0.1, 0.15) is 39.6 Å². The summed E-state index contributed by atoms with van der Waals surface area (Å²) in [7, 11) is -9.90. The Morgan fingerprint density at radius 1 is 0.825 bits per heavy atom. The predicted molar refractivity (Wildman–Crippen MR) is 183 cm³/mol. The van der Waals surface area contributed by atoms with Gasteiger partial charge in [0, 0.05) is 17.6 Å². The molecule has 0 radical (unpaired) electrons. The second kappa shape index (κ2) is 20.1. The van der Waals surface area contributed by atoms with Crippen molar-refractivity contribution in [1.29, 1.82) is 0 Å². The maximum absolute atomic E-state index is 13.9. The van der Waals surface area contributed by atoms with E-state index in [0.29, 0.717) is 11.0 Å². The third-order valence-electron chi connectivity index (χ3n) is 7.06. The maximum Gasteiger partial charge on any atom is 0.510 e. The first-order valence-electron chi connectivity index (χ1n) is 16.5. The van der Waals surface area contributed by atoms with E-state index in [2.05, 4.69) is 24.1 Å². The molecule has 25 nitrogen and oxygen atoms in total. The van der Waals surface area contributed by atoms with Gasteiger partial charge < -0.3 is 47.9 Å². The molecule has 316 valence electrons. The molecule has 4 rings (SSSR count). The minimum absolute atomic E-state index is 0.239. The van der Waals surface area contributed by atoms with Crippen LogP contribution in [0.25, 0.3) is 11.0 Å². The SMILES string of the molecule is COC(=O)OCOP(=O)(OCOC(=O)OC(C)C)OP(=O)(OCOC(=O)OC(C)C)OC[C@H]1O[C@@H](n2ccc(=O)n(Cc3noc4ccccc34)c2=O)C(O)C1O. The van der Waals surface area contributed by atoms with Crippen LogP contribution >= 0.6 is 15.6 Å². The van der Waals surface area contributed by atoms with Crippen molar-refractivity contribution < 1.29 is 93.8 Å². The number of benzene rings is 1. The van der Waals surface area contributed by atoms with E-state index in [4.69, 9.17) is 41.1 Å². The van der Waals surface area contributed by atoms with E-state index in [1.165, 1.54) is 27.7 Å². The monoisotopic (exact) mass is 855 g/mol. The highest BCUT2D eigenvalue weighted by Gasteiger charge is 2.48. The Balaban J connectivity index is 1.54. The molecule has 57 heavy (non-hydrogen) atoms. The Labute approximate surface area is 321 Å². The molecule has 0 bridgehead atoms. The van der Waals surface area contributed by atoms with Gasteiger partial charge in [0.15, 0.2) is 11.8 Å². The van der Waals surface area contributed by atoms with Gasteiger partial charge in [-0.15, -0.1) is 0 Å². The number of carbonyl (C=O) groups is 3. The van der Waals surface area contributed by atoms with Crippen molar-refractivity contribution in [3.05, 3.63) is 63.1 Å². The molecular weight excluding hydrogens is 816 g/mol. The number of hydrogen-bond donors (Lipinski definition) is 2. The smallest absolute Gasteiger partial charge is 0.438 e. The molecule has 6 atom stereocenters. The van der Waals surface area contributed by atoms with Crippen molar-refractivity contribution in [1.82, 2.24) is 14.3 Å². The minimum Gasteiger partial charge on any atom is -0.438 e. The fourth-order valence-electron chi connectivity index (χ4n) is 4.55. The largest absolute Gasteiger partial charge is 0.510 e. The van der Waals surface area contributed by atoms with Gasteiger partial charge in [-0.25, -0.2) is 41.9 Å². The van der Waals surface area contributed by atoms with Gasteiger partial charge >= 0.3 is 39.8 Å². The Morgan fingerprint density at radius 3 is 1.96 bits per heavy atom. The molecule has 2 N–H and O–H groups in total. The number of nitrogens with zero attached hydrogens (tertiary/aromatic N) is 3. The number of phosphoric ester groups is 2. The van der Waals surface area contributed by atoms with Crippen LogP contribution in [-0.2, 0) is 71.2 Å². The average Bonchev–Trinajstić information content (AvgIpc) is 3.67. The normalized spacial score (nSPS) is 20.2. The van der Waals surface area contributed by atoms with E-state index in [1.807, 2.05) is 0 Å². The number of carbonyl (C=O) groups excluding carboxylic acids is 3. The Morgan fingerprint density at radius 2 is 1.39 bits per heavy atom. The number of aliphatic hydroxyl groups excluding tert-OH is 2. The van der Waals surface area contributed by atoms with Crippen molar-refractivity contribution in [2.24, 2.45) is 0 Å². The number of para-hydroxylation sites is 1. The van der Waals surface area contributed by atoms with E-state index in [1.54, 1.807) is 24.3 Å². The topological polar surface area (TPSA) is 307 Å². The van der Waals surface area contributed by atoms with Crippen LogP contribution in [0, 0.1) is 0 Å². The van der Waals surface area contributed by atoms with Crippen LogP contribution in [0.4, 0.5) is 14.4 Å². The van der Waals surface area contributed by atoms with E-state index in [0.717, 1.165) is 28.5 Å². The lowest BCUT2D eigenvalue weighted by Gasteiger charge is -2.24. The van der Waals surface area contributed by atoms with Gasteiger partial charge in [-0.2, -0.15) is 4.31 Å². The van der Waals surface area contributed by atoms with Crippen LogP contribution in [-0.4, -0.2) is 108 Å². The molecule has 3 heterocycles. The quantitative estimate of drug-likeness (QED) is 0.0758. The summed E-state index contributed by atoms with van der Waals surface area (Å²) >= 11 is 0. The number of aliphatic hydroxyl groups is 2. The lowest BCUT2D eigenvalue weighted by atomic mass is 10.1.